The van der Waals surface area contributed by atoms with Crippen molar-refractivity contribution < 1.29 is 32.3 Å². The number of thiocarbonyl (C=S) groups is 1. The lowest BCUT2D eigenvalue weighted by atomic mass is 10.1. The molecule has 0 aliphatic carbocycles. The number of hydrogen-bond donors (Lipinski definition) is 1. The summed E-state index contributed by atoms with van der Waals surface area (Å²) in [6.07, 6.45) is -3.41. The third kappa shape index (κ3) is 4.28. The van der Waals surface area contributed by atoms with Gasteiger partial charge in [-0.05, 0) is 18.2 Å². The third-order valence-electron chi connectivity index (χ3n) is 3.82. The third-order valence-corrected chi connectivity index (χ3v) is 5.20. The molecular formula is C18H12F3NO4S2. The van der Waals surface area contributed by atoms with E-state index in [9.17, 15) is 22.8 Å². The standard InChI is InChI=1S/C18H12F3NO4S2/c19-18(20,21)12-4-2-1-3-11(12)13-6-5-10(26-13)9-14-16(25)22(17(27)28-14)8-7-15(23)24/h1-6,9H,7-8H2,(H,23,24). The molecule has 1 aromatic heterocycles. The van der Waals surface area contributed by atoms with E-state index in [-0.39, 0.29) is 39.3 Å². The van der Waals surface area contributed by atoms with Crippen LogP contribution in [0.15, 0.2) is 45.7 Å². The maximum atomic E-state index is 13.2. The van der Waals surface area contributed by atoms with Gasteiger partial charge < -0.3 is 9.52 Å². The summed E-state index contributed by atoms with van der Waals surface area (Å²) >= 11 is 6.06. The zero-order valence-corrected chi connectivity index (χ0v) is 15.7. The van der Waals surface area contributed by atoms with Crippen molar-refractivity contribution in [1.29, 1.82) is 0 Å². The number of aliphatic carboxylic acids is 1. The van der Waals surface area contributed by atoms with E-state index in [4.69, 9.17) is 21.7 Å². The quantitative estimate of drug-likeness (QED) is 0.554. The van der Waals surface area contributed by atoms with Gasteiger partial charge in [0.25, 0.3) is 5.91 Å². The van der Waals surface area contributed by atoms with Crippen molar-refractivity contribution in [3.8, 4) is 11.3 Å². The Bertz CT molecular complexity index is 981. The van der Waals surface area contributed by atoms with Crippen LogP contribution in [-0.4, -0.2) is 32.7 Å². The van der Waals surface area contributed by atoms with E-state index in [2.05, 4.69) is 0 Å². The second-order valence-electron chi connectivity index (χ2n) is 5.72. The maximum absolute atomic E-state index is 13.2. The maximum Gasteiger partial charge on any atom is 0.417 e. The van der Waals surface area contributed by atoms with Crippen LogP contribution in [0.1, 0.15) is 17.7 Å². The monoisotopic (exact) mass is 427 g/mol. The lowest BCUT2D eigenvalue weighted by molar-refractivity contribution is -0.138. The van der Waals surface area contributed by atoms with Crippen LogP contribution in [0, 0.1) is 0 Å². The number of alkyl halides is 3. The van der Waals surface area contributed by atoms with Crippen molar-refractivity contribution in [3.05, 3.63) is 52.6 Å². The summed E-state index contributed by atoms with van der Waals surface area (Å²) in [5.41, 5.74) is -0.931. The van der Waals surface area contributed by atoms with Crippen LogP contribution in [0.5, 0.6) is 0 Å². The molecule has 0 radical (unpaired) electrons. The molecule has 1 aliphatic rings. The second kappa shape index (κ2) is 7.80. The molecule has 0 spiro atoms. The Morgan fingerprint density at radius 3 is 2.64 bits per heavy atom. The number of furan rings is 1. The Labute approximate surface area is 166 Å². The van der Waals surface area contributed by atoms with Crippen LogP contribution >= 0.6 is 24.0 Å². The van der Waals surface area contributed by atoms with Crippen LogP contribution in [0.4, 0.5) is 13.2 Å². The Kier molecular flexibility index (Phi) is 5.61. The molecule has 1 aromatic carbocycles. The molecule has 2 heterocycles. The first-order valence-electron chi connectivity index (χ1n) is 7.90. The van der Waals surface area contributed by atoms with E-state index in [1.807, 2.05) is 0 Å². The van der Waals surface area contributed by atoms with E-state index in [1.54, 1.807) is 0 Å². The highest BCUT2D eigenvalue weighted by Gasteiger charge is 2.34. The molecule has 28 heavy (non-hydrogen) atoms. The number of benzene rings is 1. The number of hydrogen-bond acceptors (Lipinski definition) is 5. The predicted molar refractivity (Wildman–Crippen MR) is 101 cm³/mol. The molecule has 5 nitrogen and oxygen atoms in total. The number of carbonyl (C=O) groups is 2. The molecule has 2 aromatic rings. The average Bonchev–Trinajstić information content (AvgIpc) is 3.18. The number of carboxylic acids is 1. The summed E-state index contributed by atoms with van der Waals surface area (Å²) in [4.78, 5) is 24.4. The van der Waals surface area contributed by atoms with Gasteiger partial charge in [0.15, 0.2) is 0 Å². The van der Waals surface area contributed by atoms with Gasteiger partial charge in [0.2, 0.25) is 0 Å². The lowest BCUT2D eigenvalue weighted by Crippen LogP contribution is -2.30. The molecule has 3 rings (SSSR count). The molecule has 0 atom stereocenters. The van der Waals surface area contributed by atoms with Gasteiger partial charge in [-0.2, -0.15) is 13.2 Å². The van der Waals surface area contributed by atoms with Gasteiger partial charge in [-0.3, -0.25) is 14.5 Å². The summed E-state index contributed by atoms with van der Waals surface area (Å²) in [5, 5.41) is 8.74. The van der Waals surface area contributed by atoms with Crippen molar-refractivity contribution in [2.75, 3.05) is 6.54 Å². The Hall–Kier alpha value is -2.59. The second-order valence-corrected chi connectivity index (χ2v) is 7.40. The number of rotatable bonds is 5. The summed E-state index contributed by atoms with van der Waals surface area (Å²) < 4.78 is 45.2. The van der Waals surface area contributed by atoms with E-state index in [1.165, 1.54) is 41.3 Å². The molecule has 10 heteroatoms. The van der Waals surface area contributed by atoms with E-state index in [0.29, 0.717) is 0 Å². The number of halogens is 3. The van der Waals surface area contributed by atoms with Crippen LogP contribution < -0.4 is 0 Å². The molecule has 1 saturated heterocycles. The zero-order chi connectivity index (χ0) is 20.5. The van der Waals surface area contributed by atoms with E-state index >= 15 is 0 Å². The summed E-state index contributed by atoms with van der Waals surface area (Å²) in [6, 6.07) is 7.87. The van der Waals surface area contributed by atoms with Crippen molar-refractivity contribution >= 4 is 46.3 Å². The summed E-state index contributed by atoms with van der Waals surface area (Å²) in [6.45, 7) is -0.0559. The molecule has 1 N–H and O–H groups in total. The summed E-state index contributed by atoms with van der Waals surface area (Å²) in [5.74, 6) is -1.33. The topological polar surface area (TPSA) is 70.8 Å². The van der Waals surface area contributed by atoms with Gasteiger partial charge in [0.1, 0.15) is 15.8 Å². The number of carbonyl (C=O) groups excluding carboxylic acids is 1. The molecule has 0 saturated carbocycles. The number of amides is 1. The zero-order valence-electron chi connectivity index (χ0n) is 14.0. The van der Waals surface area contributed by atoms with Crippen LogP contribution in [0.25, 0.3) is 17.4 Å². The molecule has 146 valence electrons. The average molecular weight is 427 g/mol. The molecule has 0 bridgehead atoms. The van der Waals surface area contributed by atoms with Gasteiger partial charge in [0.05, 0.1) is 16.9 Å². The largest absolute Gasteiger partial charge is 0.481 e. The van der Waals surface area contributed by atoms with Crippen molar-refractivity contribution in [3.63, 3.8) is 0 Å². The van der Waals surface area contributed by atoms with Crippen LogP contribution in [0.3, 0.4) is 0 Å². The first kappa shape index (κ1) is 20.2. The number of nitrogens with zero attached hydrogens (tertiary/aromatic N) is 1. The van der Waals surface area contributed by atoms with Crippen LogP contribution in [0.2, 0.25) is 0 Å². The Morgan fingerprint density at radius 1 is 1.25 bits per heavy atom. The number of thioether (sulfide) groups is 1. The molecule has 0 unspecified atom stereocenters. The molecular weight excluding hydrogens is 415 g/mol. The molecule has 1 aliphatic heterocycles. The van der Waals surface area contributed by atoms with Gasteiger partial charge in [0, 0.05) is 18.2 Å². The van der Waals surface area contributed by atoms with Crippen LogP contribution in [-0.2, 0) is 15.8 Å². The fourth-order valence-corrected chi connectivity index (χ4v) is 3.84. The minimum Gasteiger partial charge on any atom is -0.481 e. The van der Waals surface area contributed by atoms with Gasteiger partial charge >= 0.3 is 12.1 Å². The molecule has 1 fully saturated rings. The van der Waals surface area contributed by atoms with Crippen molar-refractivity contribution in [2.45, 2.75) is 12.6 Å². The van der Waals surface area contributed by atoms with Gasteiger partial charge in [-0.25, -0.2) is 0 Å². The summed E-state index contributed by atoms with van der Waals surface area (Å²) in [7, 11) is 0. The normalized spacial score (nSPS) is 16.2. The predicted octanol–water partition coefficient (Wildman–Crippen LogP) is 4.64. The van der Waals surface area contributed by atoms with E-state index in [0.717, 1.165) is 17.8 Å². The minimum absolute atomic E-state index is 0.0144. The smallest absolute Gasteiger partial charge is 0.417 e. The first-order chi connectivity index (χ1) is 13.2. The highest BCUT2D eigenvalue weighted by Crippen LogP contribution is 2.38. The lowest BCUT2D eigenvalue weighted by Gasteiger charge is -2.12. The highest BCUT2D eigenvalue weighted by atomic mass is 32.2. The van der Waals surface area contributed by atoms with Gasteiger partial charge in [-0.1, -0.05) is 42.2 Å². The Morgan fingerprint density at radius 2 is 1.96 bits per heavy atom. The molecule has 1 amide bonds. The van der Waals surface area contributed by atoms with Gasteiger partial charge in [-0.15, -0.1) is 0 Å². The minimum atomic E-state index is -4.53. The fourth-order valence-electron chi connectivity index (χ4n) is 2.55. The number of carboxylic acid groups (broad SMARTS) is 1. The Balaban J connectivity index is 1.85. The van der Waals surface area contributed by atoms with E-state index < -0.39 is 23.6 Å². The highest BCUT2D eigenvalue weighted by molar-refractivity contribution is 8.26. The fraction of sp³-hybridized carbons (Fsp3) is 0.167. The first-order valence-corrected chi connectivity index (χ1v) is 9.13. The SMILES string of the molecule is O=C(O)CCN1C(=O)C(=Cc2ccc(-c3ccccc3C(F)(F)F)o2)SC1=S. The van der Waals surface area contributed by atoms with Crippen molar-refractivity contribution in [1.82, 2.24) is 4.90 Å². The van der Waals surface area contributed by atoms with Crippen molar-refractivity contribution in [2.24, 2.45) is 0 Å².